The third-order valence-electron chi connectivity index (χ3n) is 4.16. The van der Waals surface area contributed by atoms with Crippen molar-refractivity contribution in [2.75, 3.05) is 12.3 Å². The van der Waals surface area contributed by atoms with Crippen LogP contribution in [0.5, 0.6) is 5.75 Å². The molecule has 0 aliphatic rings. The molecule has 0 saturated carbocycles. The molecular weight excluding hydrogens is 342 g/mol. The van der Waals surface area contributed by atoms with Crippen molar-refractivity contribution >= 4 is 17.7 Å². The van der Waals surface area contributed by atoms with E-state index in [1.165, 1.54) is 16.7 Å². The minimum absolute atomic E-state index is 0.0383. The van der Waals surface area contributed by atoms with Gasteiger partial charge in [0.1, 0.15) is 5.75 Å². The molecule has 4 heteroatoms. The zero-order valence-electron chi connectivity index (χ0n) is 16.2. The molecule has 26 heavy (non-hydrogen) atoms. The Morgan fingerprint density at radius 1 is 1.12 bits per heavy atom. The second-order valence-corrected chi connectivity index (χ2v) is 7.72. The Bertz CT molecular complexity index is 730. The first-order valence-electron chi connectivity index (χ1n) is 9.14. The van der Waals surface area contributed by atoms with E-state index in [-0.39, 0.29) is 5.91 Å². The Balaban J connectivity index is 1.74. The largest absolute Gasteiger partial charge is 0.480 e. The lowest BCUT2D eigenvalue weighted by molar-refractivity contribution is -0.128. The molecule has 0 bridgehead atoms. The van der Waals surface area contributed by atoms with Gasteiger partial charge < -0.3 is 10.1 Å². The molecule has 0 unspecified atom stereocenters. The number of carbonyl (C=O) groups excluding carboxylic acids is 1. The maximum Gasteiger partial charge on any atom is 0.261 e. The van der Waals surface area contributed by atoms with Crippen molar-refractivity contribution in [1.82, 2.24) is 5.32 Å². The predicted octanol–water partition coefficient (Wildman–Crippen LogP) is 4.82. The Hall–Kier alpha value is -1.94. The molecule has 0 radical (unpaired) electrons. The van der Waals surface area contributed by atoms with Gasteiger partial charge in [-0.2, -0.15) is 11.8 Å². The van der Waals surface area contributed by atoms with Gasteiger partial charge in [0, 0.05) is 18.1 Å². The van der Waals surface area contributed by atoms with E-state index in [4.69, 9.17) is 4.74 Å². The molecule has 1 atom stereocenters. The average molecular weight is 372 g/mol. The van der Waals surface area contributed by atoms with Gasteiger partial charge in [0.2, 0.25) is 0 Å². The van der Waals surface area contributed by atoms with Gasteiger partial charge in [0.15, 0.2) is 6.10 Å². The molecule has 2 rings (SSSR count). The number of thioether (sulfide) groups is 1. The third-order valence-corrected chi connectivity index (χ3v) is 5.19. The van der Waals surface area contributed by atoms with Crippen LogP contribution in [-0.2, 0) is 10.5 Å². The van der Waals surface area contributed by atoms with Crippen molar-refractivity contribution in [3.05, 3.63) is 64.7 Å². The summed E-state index contributed by atoms with van der Waals surface area (Å²) in [5, 5.41) is 3.00. The van der Waals surface area contributed by atoms with E-state index < -0.39 is 6.10 Å². The lowest BCUT2D eigenvalue weighted by atomic mass is 10.1. The highest BCUT2D eigenvalue weighted by atomic mass is 32.2. The average Bonchev–Trinajstić information content (AvgIpc) is 2.60. The molecule has 140 valence electrons. The maximum atomic E-state index is 12.4. The van der Waals surface area contributed by atoms with E-state index in [1.807, 2.05) is 37.7 Å². The van der Waals surface area contributed by atoms with Crippen molar-refractivity contribution in [1.29, 1.82) is 0 Å². The number of aryl methyl sites for hydroxylation is 3. The molecule has 1 N–H and O–H groups in total. The van der Waals surface area contributed by atoms with Crippen LogP contribution in [0.3, 0.4) is 0 Å². The van der Waals surface area contributed by atoms with Gasteiger partial charge in [-0.25, -0.2) is 0 Å². The fraction of sp³-hybridized carbons (Fsp3) is 0.409. The van der Waals surface area contributed by atoms with Crippen molar-refractivity contribution in [3.63, 3.8) is 0 Å². The second kappa shape index (κ2) is 10.3. The topological polar surface area (TPSA) is 38.3 Å². The molecule has 0 spiro atoms. The van der Waals surface area contributed by atoms with E-state index in [0.29, 0.717) is 13.0 Å². The van der Waals surface area contributed by atoms with E-state index in [1.54, 1.807) is 0 Å². The van der Waals surface area contributed by atoms with E-state index in [0.717, 1.165) is 22.8 Å². The van der Waals surface area contributed by atoms with Crippen LogP contribution in [-0.4, -0.2) is 24.3 Å². The monoisotopic (exact) mass is 371 g/mol. The molecular formula is C22H29NO2S. The van der Waals surface area contributed by atoms with Crippen LogP contribution in [0.2, 0.25) is 0 Å². The summed E-state index contributed by atoms with van der Waals surface area (Å²) < 4.78 is 5.93. The van der Waals surface area contributed by atoms with Crippen LogP contribution in [0.4, 0.5) is 0 Å². The number of hydrogen-bond donors (Lipinski definition) is 1. The number of ether oxygens (including phenoxy) is 1. The first-order chi connectivity index (χ1) is 12.5. The summed E-state index contributed by atoms with van der Waals surface area (Å²) in [4.78, 5) is 12.4. The molecule has 0 aliphatic carbocycles. The number of benzene rings is 2. The zero-order valence-corrected chi connectivity index (χ0v) is 17.0. The minimum atomic E-state index is -0.446. The standard InChI is InChI=1S/C22H29NO2S/c1-5-20(25-21-10-9-17(3)13-18(21)4)22(24)23-11-12-26-15-19-8-6-7-16(2)14-19/h6-10,13-14,20H,5,11-12,15H2,1-4H3,(H,23,24)/t20-/m0/s1. The molecule has 0 aliphatic heterocycles. The predicted molar refractivity (Wildman–Crippen MR) is 111 cm³/mol. The lowest BCUT2D eigenvalue weighted by Gasteiger charge is -2.19. The van der Waals surface area contributed by atoms with Crippen LogP contribution in [0, 0.1) is 20.8 Å². The quantitative estimate of drug-likeness (QED) is 0.642. The summed E-state index contributed by atoms with van der Waals surface area (Å²) in [6, 6.07) is 14.6. The first kappa shape index (κ1) is 20.4. The number of amides is 1. The smallest absolute Gasteiger partial charge is 0.261 e. The van der Waals surface area contributed by atoms with Gasteiger partial charge in [0.25, 0.3) is 5.91 Å². The molecule has 0 aromatic heterocycles. The van der Waals surface area contributed by atoms with Gasteiger partial charge in [-0.3, -0.25) is 4.79 Å². The fourth-order valence-electron chi connectivity index (χ4n) is 2.76. The van der Waals surface area contributed by atoms with E-state index >= 15 is 0 Å². The van der Waals surface area contributed by atoms with E-state index in [2.05, 4.69) is 49.5 Å². The maximum absolute atomic E-state index is 12.4. The number of nitrogens with one attached hydrogen (secondary N) is 1. The summed E-state index contributed by atoms with van der Waals surface area (Å²) in [5.41, 5.74) is 4.86. The van der Waals surface area contributed by atoms with Gasteiger partial charge >= 0.3 is 0 Å². The van der Waals surface area contributed by atoms with Gasteiger partial charge in [-0.1, -0.05) is 54.4 Å². The fourth-order valence-corrected chi connectivity index (χ4v) is 3.57. The van der Waals surface area contributed by atoms with Crippen molar-refractivity contribution in [2.24, 2.45) is 0 Å². The van der Waals surface area contributed by atoms with Gasteiger partial charge in [-0.05, 0) is 44.4 Å². The molecule has 0 saturated heterocycles. The van der Waals surface area contributed by atoms with Crippen LogP contribution in [0.1, 0.15) is 35.6 Å². The Morgan fingerprint density at radius 3 is 2.58 bits per heavy atom. The van der Waals surface area contributed by atoms with Crippen LogP contribution in [0.25, 0.3) is 0 Å². The molecule has 0 fully saturated rings. The highest BCUT2D eigenvalue weighted by molar-refractivity contribution is 7.98. The first-order valence-corrected chi connectivity index (χ1v) is 10.3. The summed E-state index contributed by atoms with van der Waals surface area (Å²) in [5.74, 6) is 2.60. The Morgan fingerprint density at radius 2 is 1.88 bits per heavy atom. The SMILES string of the molecule is CC[C@H](Oc1ccc(C)cc1C)C(=O)NCCSCc1cccc(C)c1. The molecule has 2 aromatic rings. The summed E-state index contributed by atoms with van der Waals surface area (Å²) in [6.45, 7) is 8.79. The molecule has 1 amide bonds. The summed E-state index contributed by atoms with van der Waals surface area (Å²) in [7, 11) is 0. The van der Waals surface area contributed by atoms with Gasteiger partial charge in [-0.15, -0.1) is 0 Å². The van der Waals surface area contributed by atoms with Gasteiger partial charge in [0.05, 0.1) is 0 Å². The van der Waals surface area contributed by atoms with Crippen LogP contribution < -0.4 is 10.1 Å². The minimum Gasteiger partial charge on any atom is -0.480 e. The lowest BCUT2D eigenvalue weighted by Crippen LogP contribution is -2.39. The molecule has 2 aromatic carbocycles. The molecule has 0 heterocycles. The molecule has 3 nitrogen and oxygen atoms in total. The number of rotatable bonds is 9. The number of hydrogen-bond acceptors (Lipinski definition) is 3. The van der Waals surface area contributed by atoms with Crippen molar-refractivity contribution < 1.29 is 9.53 Å². The Kier molecular flexibility index (Phi) is 8.05. The highest BCUT2D eigenvalue weighted by Crippen LogP contribution is 2.21. The Labute approximate surface area is 161 Å². The summed E-state index contributed by atoms with van der Waals surface area (Å²) in [6.07, 6.45) is 0.202. The van der Waals surface area contributed by atoms with E-state index in [9.17, 15) is 4.79 Å². The zero-order chi connectivity index (χ0) is 18.9. The third kappa shape index (κ3) is 6.41. The second-order valence-electron chi connectivity index (χ2n) is 6.62. The normalized spacial score (nSPS) is 11.8. The summed E-state index contributed by atoms with van der Waals surface area (Å²) >= 11 is 1.83. The van der Waals surface area contributed by atoms with Crippen molar-refractivity contribution in [2.45, 2.75) is 46.0 Å². The van der Waals surface area contributed by atoms with Crippen molar-refractivity contribution in [3.8, 4) is 5.75 Å². The highest BCUT2D eigenvalue weighted by Gasteiger charge is 2.18. The van der Waals surface area contributed by atoms with Crippen LogP contribution in [0.15, 0.2) is 42.5 Å². The van der Waals surface area contributed by atoms with Crippen LogP contribution >= 0.6 is 11.8 Å². The number of carbonyl (C=O) groups is 1.